The lowest BCUT2D eigenvalue weighted by Gasteiger charge is -2.41. The van der Waals surface area contributed by atoms with Crippen LogP contribution in [-0.4, -0.2) is 54.9 Å². The van der Waals surface area contributed by atoms with Crippen molar-refractivity contribution in [1.82, 2.24) is 10.2 Å². The van der Waals surface area contributed by atoms with Crippen LogP contribution in [0.1, 0.15) is 38.8 Å². The number of benzene rings is 1. The van der Waals surface area contributed by atoms with Crippen LogP contribution in [0.15, 0.2) is 24.3 Å². The quantitative estimate of drug-likeness (QED) is 0.705. The fourth-order valence-electron chi connectivity index (χ4n) is 3.67. The second kappa shape index (κ2) is 10.4. The lowest BCUT2D eigenvalue weighted by molar-refractivity contribution is -0.176. The Morgan fingerprint density at radius 2 is 1.72 bits per heavy atom. The Kier molecular flexibility index (Phi) is 8.48. The Morgan fingerprint density at radius 1 is 1.17 bits per heavy atom. The molecule has 164 valence electrons. The third-order valence-corrected chi connectivity index (χ3v) is 4.77. The summed E-state index contributed by atoms with van der Waals surface area (Å²) in [6.07, 6.45) is -4.16. The van der Waals surface area contributed by atoms with Crippen LogP contribution in [0.2, 0.25) is 0 Å². The van der Waals surface area contributed by atoms with Gasteiger partial charge in [0.1, 0.15) is 6.61 Å². The Bertz CT molecular complexity index is 640. The monoisotopic (exact) mass is 416 g/mol. The Balaban J connectivity index is 1.87. The first-order valence-electron chi connectivity index (χ1n) is 9.94. The molecule has 1 amide bonds. The van der Waals surface area contributed by atoms with Gasteiger partial charge in [0.25, 0.3) is 0 Å². The summed E-state index contributed by atoms with van der Waals surface area (Å²) in [7, 11) is 0. The van der Waals surface area contributed by atoms with E-state index in [-0.39, 0.29) is 36.7 Å². The number of rotatable bonds is 8. The van der Waals surface area contributed by atoms with Crippen molar-refractivity contribution in [3.8, 4) is 0 Å². The Morgan fingerprint density at radius 3 is 2.24 bits per heavy atom. The van der Waals surface area contributed by atoms with Crippen LogP contribution in [0.4, 0.5) is 13.2 Å². The van der Waals surface area contributed by atoms with E-state index in [4.69, 9.17) is 4.74 Å². The van der Waals surface area contributed by atoms with Crippen LogP contribution in [0.25, 0.3) is 0 Å². The Labute approximate surface area is 170 Å². The molecule has 8 heteroatoms. The predicted octanol–water partition coefficient (Wildman–Crippen LogP) is 3.52. The van der Waals surface area contributed by atoms with Crippen molar-refractivity contribution >= 4 is 5.91 Å². The zero-order valence-electron chi connectivity index (χ0n) is 17.5. The predicted molar refractivity (Wildman–Crippen MR) is 104 cm³/mol. The molecule has 0 radical (unpaired) electrons. The normalized spacial score (nSPS) is 21.9. The molecular weight excluding hydrogens is 385 g/mol. The molecule has 2 rings (SSSR count). The van der Waals surface area contributed by atoms with Gasteiger partial charge in [0.2, 0.25) is 5.91 Å². The minimum absolute atomic E-state index is 0.0288. The van der Waals surface area contributed by atoms with E-state index in [1.54, 1.807) is 24.3 Å². The van der Waals surface area contributed by atoms with Gasteiger partial charge in [0, 0.05) is 19.6 Å². The average molecular weight is 416 g/mol. The molecule has 1 heterocycles. The molecule has 1 N–H and O–H groups in total. The van der Waals surface area contributed by atoms with Gasteiger partial charge < -0.3 is 14.8 Å². The molecule has 0 aliphatic carbocycles. The van der Waals surface area contributed by atoms with Gasteiger partial charge >= 0.3 is 6.18 Å². The number of carbonyl (C=O) groups excluding carboxylic acids is 1. The van der Waals surface area contributed by atoms with Gasteiger partial charge in [0.15, 0.2) is 0 Å². The summed E-state index contributed by atoms with van der Waals surface area (Å²) in [5.74, 6) is 0.125. The molecule has 3 unspecified atom stereocenters. The van der Waals surface area contributed by atoms with E-state index in [2.05, 4.69) is 15.0 Å². The minimum atomic E-state index is -4.33. The standard InChI is InChI=1S/C21H31F3N2O3/c1-14(2)19(26-10-15(3)29-16(4)11-26)20(27)25-9-17-5-7-18(8-6-17)12-28-13-21(22,23)24/h5-8,14-16,19H,9-13H2,1-4H3,(H,25,27). The zero-order valence-corrected chi connectivity index (χ0v) is 17.5. The number of hydrogen-bond donors (Lipinski definition) is 1. The van der Waals surface area contributed by atoms with Crippen molar-refractivity contribution in [2.45, 2.75) is 65.3 Å². The molecular formula is C21H31F3N2O3. The number of nitrogens with one attached hydrogen (secondary N) is 1. The number of carbonyl (C=O) groups is 1. The van der Waals surface area contributed by atoms with E-state index in [0.717, 1.165) is 5.56 Å². The molecule has 1 aliphatic rings. The molecule has 0 bridgehead atoms. The molecule has 1 aromatic rings. The summed E-state index contributed by atoms with van der Waals surface area (Å²) < 4.78 is 46.8. The van der Waals surface area contributed by atoms with E-state index in [9.17, 15) is 18.0 Å². The molecule has 3 atom stereocenters. The van der Waals surface area contributed by atoms with E-state index < -0.39 is 12.8 Å². The third kappa shape index (κ3) is 7.95. The van der Waals surface area contributed by atoms with Crippen LogP contribution in [0, 0.1) is 5.92 Å². The molecule has 29 heavy (non-hydrogen) atoms. The first-order valence-corrected chi connectivity index (χ1v) is 9.94. The first kappa shape index (κ1) is 23.6. The molecule has 5 nitrogen and oxygen atoms in total. The molecule has 1 aromatic carbocycles. The van der Waals surface area contributed by atoms with Gasteiger partial charge in [0.05, 0.1) is 24.9 Å². The average Bonchev–Trinajstić information content (AvgIpc) is 2.59. The summed E-state index contributed by atoms with van der Waals surface area (Å²) in [6.45, 7) is 8.52. The topological polar surface area (TPSA) is 50.8 Å². The minimum Gasteiger partial charge on any atom is -0.373 e. The maximum absolute atomic E-state index is 12.9. The number of amides is 1. The summed E-state index contributed by atoms with van der Waals surface area (Å²) in [6, 6.07) is 6.76. The molecule has 1 fully saturated rings. The number of ether oxygens (including phenoxy) is 2. The lowest BCUT2D eigenvalue weighted by atomic mass is 9.99. The van der Waals surface area contributed by atoms with E-state index in [1.165, 1.54) is 0 Å². The summed E-state index contributed by atoms with van der Waals surface area (Å²) in [4.78, 5) is 15.0. The summed E-state index contributed by atoms with van der Waals surface area (Å²) in [5, 5.41) is 2.99. The highest BCUT2D eigenvalue weighted by Gasteiger charge is 2.34. The van der Waals surface area contributed by atoms with Gasteiger partial charge in [-0.05, 0) is 30.9 Å². The van der Waals surface area contributed by atoms with Crippen molar-refractivity contribution in [1.29, 1.82) is 0 Å². The van der Waals surface area contributed by atoms with Gasteiger partial charge in [-0.15, -0.1) is 0 Å². The van der Waals surface area contributed by atoms with Crippen molar-refractivity contribution in [3.05, 3.63) is 35.4 Å². The van der Waals surface area contributed by atoms with Crippen molar-refractivity contribution < 1.29 is 27.4 Å². The van der Waals surface area contributed by atoms with Gasteiger partial charge in [-0.2, -0.15) is 13.2 Å². The maximum atomic E-state index is 12.9. The molecule has 0 saturated carbocycles. The molecule has 1 saturated heterocycles. The SMILES string of the molecule is CC1CN(C(C(=O)NCc2ccc(COCC(F)(F)F)cc2)C(C)C)CC(C)O1. The largest absolute Gasteiger partial charge is 0.411 e. The van der Waals surface area contributed by atoms with E-state index in [1.807, 2.05) is 27.7 Å². The second-order valence-electron chi connectivity index (χ2n) is 8.04. The fourth-order valence-corrected chi connectivity index (χ4v) is 3.67. The number of morpholine rings is 1. The van der Waals surface area contributed by atoms with Crippen molar-refractivity contribution in [2.75, 3.05) is 19.7 Å². The highest BCUT2D eigenvalue weighted by molar-refractivity contribution is 5.82. The molecule has 0 aromatic heterocycles. The highest BCUT2D eigenvalue weighted by atomic mass is 19.4. The highest BCUT2D eigenvalue weighted by Crippen LogP contribution is 2.19. The summed E-state index contributed by atoms with van der Waals surface area (Å²) in [5.41, 5.74) is 1.53. The Hall–Kier alpha value is -1.64. The number of nitrogens with zero attached hydrogens (tertiary/aromatic N) is 1. The van der Waals surface area contributed by atoms with Crippen LogP contribution in [0.5, 0.6) is 0 Å². The second-order valence-corrected chi connectivity index (χ2v) is 8.04. The van der Waals surface area contributed by atoms with Crippen LogP contribution in [-0.2, 0) is 27.4 Å². The number of hydrogen-bond acceptors (Lipinski definition) is 4. The number of alkyl halides is 3. The van der Waals surface area contributed by atoms with E-state index in [0.29, 0.717) is 25.2 Å². The fraction of sp³-hybridized carbons (Fsp3) is 0.667. The van der Waals surface area contributed by atoms with Gasteiger partial charge in [-0.3, -0.25) is 9.69 Å². The van der Waals surface area contributed by atoms with Crippen molar-refractivity contribution in [2.24, 2.45) is 5.92 Å². The first-order chi connectivity index (χ1) is 13.5. The van der Waals surface area contributed by atoms with Gasteiger partial charge in [-0.25, -0.2) is 0 Å². The maximum Gasteiger partial charge on any atom is 0.411 e. The number of halogens is 3. The van der Waals surface area contributed by atoms with Crippen molar-refractivity contribution in [3.63, 3.8) is 0 Å². The third-order valence-electron chi connectivity index (χ3n) is 4.77. The van der Waals surface area contributed by atoms with Crippen LogP contribution in [0.3, 0.4) is 0 Å². The smallest absolute Gasteiger partial charge is 0.373 e. The molecule has 1 aliphatic heterocycles. The van der Waals surface area contributed by atoms with Gasteiger partial charge in [-0.1, -0.05) is 38.1 Å². The van der Waals surface area contributed by atoms with Crippen LogP contribution < -0.4 is 5.32 Å². The van der Waals surface area contributed by atoms with E-state index >= 15 is 0 Å². The zero-order chi connectivity index (χ0) is 21.6. The van der Waals surface area contributed by atoms with Crippen LogP contribution >= 0.6 is 0 Å². The summed E-state index contributed by atoms with van der Waals surface area (Å²) >= 11 is 0. The lowest BCUT2D eigenvalue weighted by Crippen LogP contribution is -2.56. The molecule has 0 spiro atoms.